The summed E-state index contributed by atoms with van der Waals surface area (Å²) in [7, 11) is 3.45. The number of ether oxygens (including phenoxy) is 3. The first-order valence-corrected chi connectivity index (χ1v) is 7.64. The molecule has 0 aliphatic carbocycles. The van der Waals surface area contributed by atoms with E-state index >= 15 is 0 Å². The van der Waals surface area contributed by atoms with E-state index in [1.54, 1.807) is 14.2 Å². The number of benzene rings is 1. The summed E-state index contributed by atoms with van der Waals surface area (Å²) in [6, 6.07) is 7.91. The molecule has 0 radical (unpaired) electrons. The molecule has 0 amide bonds. The van der Waals surface area contributed by atoms with E-state index < -0.39 is 0 Å². The molecule has 0 N–H and O–H groups in total. The molecule has 114 valence electrons. The minimum absolute atomic E-state index is 0.720. The molecule has 0 heterocycles. The molecule has 5 heteroatoms. The Hall–Kier alpha value is -0.620. The summed E-state index contributed by atoms with van der Waals surface area (Å²) in [5, 5.41) is 0. The van der Waals surface area contributed by atoms with Gasteiger partial charge >= 0.3 is 0 Å². The standard InChI is InChI=1S/C15H24BrNO3/c1-18-12-9-17(10-13-19-2)8-3-11-20-15-6-4-14(16)5-7-15/h4-7H,3,8-13H2,1-2H3. The molecule has 1 aromatic carbocycles. The van der Waals surface area contributed by atoms with Crippen molar-refractivity contribution in [1.82, 2.24) is 4.90 Å². The molecule has 4 nitrogen and oxygen atoms in total. The molecule has 0 bridgehead atoms. The van der Waals surface area contributed by atoms with Crippen molar-refractivity contribution in [2.24, 2.45) is 0 Å². The second-order valence-corrected chi connectivity index (χ2v) is 5.40. The van der Waals surface area contributed by atoms with E-state index in [-0.39, 0.29) is 0 Å². The van der Waals surface area contributed by atoms with Gasteiger partial charge in [0, 0.05) is 38.3 Å². The van der Waals surface area contributed by atoms with Crippen molar-refractivity contribution in [2.45, 2.75) is 6.42 Å². The lowest BCUT2D eigenvalue weighted by atomic mass is 10.3. The van der Waals surface area contributed by atoms with Crippen molar-refractivity contribution in [3.8, 4) is 5.75 Å². The molecule has 0 saturated heterocycles. The van der Waals surface area contributed by atoms with Gasteiger partial charge in [-0.1, -0.05) is 15.9 Å². The topological polar surface area (TPSA) is 30.9 Å². The maximum atomic E-state index is 5.71. The van der Waals surface area contributed by atoms with Crippen LogP contribution in [0.5, 0.6) is 5.75 Å². The Balaban J connectivity index is 2.19. The largest absolute Gasteiger partial charge is 0.494 e. The fourth-order valence-corrected chi connectivity index (χ4v) is 2.05. The third-order valence-corrected chi connectivity index (χ3v) is 3.45. The maximum absolute atomic E-state index is 5.71. The van der Waals surface area contributed by atoms with Crippen LogP contribution in [0.1, 0.15) is 6.42 Å². The predicted molar refractivity (Wildman–Crippen MR) is 84.4 cm³/mol. The Morgan fingerprint density at radius 2 is 1.50 bits per heavy atom. The highest BCUT2D eigenvalue weighted by Gasteiger charge is 2.04. The Morgan fingerprint density at radius 1 is 0.900 bits per heavy atom. The molecule has 0 atom stereocenters. The zero-order valence-electron chi connectivity index (χ0n) is 12.3. The maximum Gasteiger partial charge on any atom is 0.119 e. The van der Waals surface area contributed by atoms with Gasteiger partial charge in [-0.2, -0.15) is 0 Å². The Morgan fingerprint density at radius 3 is 2.05 bits per heavy atom. The lowest BCUT2D eigenvalue weighted by Crippen LogP contribution is -2.32. The van der Waals surface area contributed by atoms with Crippen LogP contribution in [0.25, 0.3) is 0 Å². The van der Waals surface area contributed by atoms with E-state index in [1.165, 1.54) is 0 Å². The third-order valence-electron chi connectivity index (χ3n) is 2.92. The number of hydrogen-bond acceptors (Lipinski definition) is 4. The average Bonchev–Trinajstić information content (AvgIpc) is 2.47. The highest BCUT2D eigenvalue weighted by Crippen LogP contribution is 2.16. The number of hydrogen-bond donors (Lipinski definition) is 0. The minimum atomic E-state index is 0.720. The van der Waals surface area contributed by atoms with E-state index in [9.17, 15) is 0 Å². The Labute approximate surface area is 130 Å². The second-order valence-electron chi connectivity index (χ2n) is 4.48. The molecule has 1 aromatic rings. The molecule has 20 heavy (non-hydrogen) atoms. The van der Waals surface area contributed by atoms with E-state index in [0.29, 0.717) is 0 Å². The fourth-order valence-electron chi connectivity index (χ4n) is 1.79. The van der Waals surface area contributed by atoms with Gasteiger partial charge in [0.25, 0.3) is 0 Å². The zero-order chi connectivity index (χ0) is 14.6. The Kier molecular flexibility index (Phi) is 9.66. The molecule has 0 fully saturated rings. The molecule has 0 saturated carbocycles. The Bertz CT molecular complexity index is 337. The van der Waals surface area contributed by atoms with E-state index in [2.05, 4.69) is 20.8 Å². The average molecular weight is 346 g/mol. The summed E-state index contributed by atoms with van der Waals surface area (Å²) in [6.07, 6.45) is 0.990. The van der Waals surface area contributed by atoms with Crippen LogP contribution in [0.3, 0.4) is 0 Å². The van der Waals surface area contributed by atoms with Crippen LogP contribution in [-0.2, 0) is 9.47 Å². The third kappa shape index (κ3) is 7.85. The molecule has 0 spiro atoms. The predicted octanol–water partition coefficient (Wildman–Crippen LogP) is 2.81. The highest BCUT2D eigenvalue weighted by molar-refractivity contribution is 9.10. The summed E-state index contributed by atoms with van der Waals surface area (Å²) in [5.74, 6) is 0.911. The van der Waals surface area contributed by atoms with Crippen molar-refractivity contribution in [1.29, 1.82) is 0 Å². The molecule has 1 rings (SSSR count). The number of rotatable bonds is 11. The van der Waals surface area contributed by atoms with Crippen molar-refractivity contribution < 1.29 is 14.2 Å². The number of nitrogens with zero attached hydrogens (tertiary/aromatic N) is 1. The lowest BCUT2D eigenvalue weighted by Gasteiger charge is -2.21. The van der Waals surface area contributed by atoms with Gasteiger partial charge in [-0.15, -0.1) is 0 Å². The van der Waals surface area contributed by atoms with Crippen LogP contribution < -0.4 is 4.74 Å². The van der Waals surface area contributed by atoms with Crippen LogP contribution in [0, 0.1) is 0 Å². The van der Waals surface area contributed by atoms with Gasteiger partial charge in [-0.3, -0.25) is 4.90 Å². The summed E-state index contributed by atoms with van der Waals surface area (Å²) < 4.78 is 17.0. The molecule has 0 unspecified atom stereocenters. The monoisotopic (exact) mass is 345 g/mol. The van der Waals surface area contributed by atoms with E-state index in [4.69, 9.17) is 14.2 Å². The summed E-state index contributed by atoms with van der Waals surface area (Å²) >= 11 is 3.41. The first kappa shape index (κ1) is 17.4. The molecule has 0 aliphatic heterocycles. The van der Waals surface area contributed by atoms with Crippen LogP contribution >= 0.6 is 15.9 Å². The number of methoxy groups -OCH3 is 2. The van der Waals surface area contributed by atoms with Gasteiger partial charge in [0.1, 0.15) is 5.75 Å². The molecular weight excluding hydrogens is 322 g/mol. The number of halogens is 1. The SMILES string of the molecule is COCCN(CCCOc1ccc(Br)cc1)CCOC. The van der Waals surface area contributed by atoms with Gasteiger partial charge in [0.15, 0.2) is 0 Å². The quantitative estimate of drug-likeness (QED) is 0.577. The van der Waals surface area contributed by atoms with Crippen LogP contribution in [0.2, 0.25) is 0 Å². The van der Waals surface area contributed by atoms with Crippen molar-refractivity contribution >= 4 is 15.9 Å². The lowest BCUT2D eigenvalue weighted by molar-refractivity contribution is 0.110. The van der Waals surface area contributed by atoms with Gasteiger partial charge < -0.3 is 14.2 Å². The van der Waals surface area contributed by atoms with Crippen LogP contribution in [-0.4, -0.2) is 58.6 Å². The van der Waals surface area contributed by atoms with Crippen molar-refractivity contribution in [2.75, 3.05) is 53.7 Å². The van der Waals surface area contributed by atoms with Gasteiger partial charge in [-0.05, 0) is 30.7 Å². The zero-order valence-corrected chi connectivity index (χ0v) is 13.9. The van der Waals surface area contributed by atoms with Crippen LogP contribution in [0.15, 0.2) is 28.7 Å². The smallest absolute Gasteiger partial charge is 0.119 e. The minimum Gasteiger partial charge on any atom is -0.494 e. The van der Waals surface area contributed by atoms with E-state index in [0.717, 1.165) is 56.1 Å². The first-order chi connectivity index (χ1) is 9.76. The van der Waals surface area contributed by atoms with Crippen LogP contribution in [0.4, 0.5) is 0 Å². The van der Waals surface area contributed by atoms with Gasteiger partial charge in [0.05, 0.1) is 19.8 Å². The van der Waals surface area contributed by atoms with Crippen molar-refractivity contribution in [3.05, 3.63) is 28.7 Å². The highest BCUT2D eigenvalue weighted by atomic mass is 79.9. The molecular formula is C15H24BrNO3. The summed E-state index contributed by atoms with van der Waals surface area (Å²) in [4.78, 5) is 2.33. The first-order valence-electron chi connectivity index (χ1n) is 6.85. The van der Waals surface area contributed by atoms with Gasteiger partial charge in [0.2, 0.25) is 0 Å². The molecule has 0 aromatic heterocycles. The summed E-state index contributed by atoms with van der Waals surface area (Å²) in [6.45, 7) is 5.06. The van der Waals surface area contributed by atoms with Gasteiger partial charge in [-0.25, -0.2) is 0 Å². The summed E-state index contributed by atoms with van der Waals surface area (Å²) in [5.41, 5.74) is 0. The molecule has 0 aliphatic rings. The van der Waals surface area contributed by atoms with E-state index in [1.807, 2.05) is 24.3 Å². The normalized spacial score (nSPS) is 11.0. The fraction of sp³-hybridized carbons (Fsp3) is 0.600. The van der Waals surface area contributed by atoms with Crippen molar-refractivity contribution in [3.63, 3.8) is 0 Å². The second kappa shape index (κ2) is 11.1.